The molecule has 0 saturated carbocycles. The van der Waals surface area contributed by atoms with Crippen LogP contribution < -0.4 is 0 Å². The fourth-order valence-electron chi connectivity index (χ4n) is 2.98. The average Bonchev–Trinajstić information content (AvgIpc) is 2.83. The van der Waals surface area contributed by atoms with E-state index in [0.717, 1.165) is 19.4 Å². The number of nitrogens with zero attached hydrogens (tertiary/aromatic N) is 2. The second-order valence-electron chi connectivity index (χ2n) is 5.31. The van der Waals surface area contributed by atoms with Gasteiger partial charge in [-0.3, -0.25) is 0 Å². The maximum absolute atomic E-state index is 12.3. The fraction of sp³-hybridized carbons (Fsp3) is 0.833. The van der Waals surface area contributed by atoms with Crippen molar-refractivity contribution in [2.24, 2.45) is 5.92 Å². The minimum Gasteiger partial charge on any atom is -0.480 e. The van der Waals surface area contributed by atoms with Crippen molar-refractivity contribution >= 4 is 12.0 Å². The van der Waals surface area contributed by atoms with Gasteiger partial charge in [-0.1, -0.05) is 6.92 Å². The van der Waals surface area contributed by atoms with Crippen LogP contribution in [0.3, 0.4) is 0 Å². The van der Waals surface area contributed by atoms with Gasteiger partial charge in [-0.25, -0.2) is 9.59 Å². The average molecular weight is 240 g/mol. The van der Waals surface area contributed by atoms with Crippen molar-refractivity contribution in [2.45, 2.75) is 45.2 Å². The minimum absolute atomic E-state index is 0.0910. The lowest BCUT2D eigenvalue weighted by atomic mass is 10.1. The lowest BCUT2D eigenvalue weighted by molar-refractivity contribution is -0.141. The van der Waals surface area contributed by atoms with Crippen LogP contribution in [0.25, 0.3) is 0 Å². The number of aliphatic carboxylic acids is 1. The first-order chi connectivity index (χ1) is 8.00. The molecule has 0 aromatic rings. The SMILES string of the molecule is CC1CC(C)N(C(=O)N2CCC[C@H]2C(=O)O)C1. The molecule has 0 aliphatic carbocycles. The zero-order valence-corrected chi connectivity index (χ0v) is 10.4. The summed E-state index contributed by atoms with van der Waals surface area (Å²) in [4.78, 5) is 26.7. The molecule has 2 amide bonds. The third-order valence-corrected chi connectivity index (χ3v) is 3.81. The monoisotopic (exact) mass is 240 g/mol. The highest BCUT2D eigenvalue weighted by Gasteiger charge is 2.39. The van der Waals surface area contributed by atoms with E-state index in [1.807, 2.05) is 11.8 Å². The summed E-state index contributed by atoms with van der Waals surface area (Å²) in [5.74, 6) is -0.365. The number of hydrogen-bond donors (Lipinski definition) is 1. The van der Waals surface area contributed by atoms with Crippen LogP contribution in [0.5, 0.6) is 0 Å². The summed E-state index contributed by atoms with van der Waals surface area (Å²) in [6, 6.07) is -0.482. The van der Waals surface area contributed by atoms with Crippen molar-refractivity contribution in [3.8, 4) is 0 Å². The first kappa shape index (κ1) is 12.2. The van der Waals surface area contributed by atoms with Gasteiger partial charge in [-0.2, -0.15) is 0 Å². The van der Waals surface area contributed by atoms with Crippen LogP contribution in [0.15, 0.2) is 0 Å². The van der Waals surface area contributed by atoms with E-state index in [1.165, 1.54) is 4.90 Å². The quantitative estimate of drug-likeness (QED) is 0.753. The number of hydrogen-bond acceptors (Lipinski definition) is 2. The molecule has 3 atom stereocenters. The van der Waals surface area contributed by atoms with Gasteiger partial charge in [0.15, 0.2) is 0 Å². The molecule has 0 spiro atoms. The molecule has 2 aliphatic rings. The van der Waals surface area contributed by atoms with Crippen molar-refractivity contribution in [1.29, 1.82) is 0 Å². The molecule has 2 rings (SSSR count). The highest BCUT2D eigenvalue weighted by atomic mass is 16.4. The Morgan fingerprint density at radius 1 is 1.24 bits per heavy atom. The van der Waals surface area contributed by atoms with Crippen molar-refractivity contribution in [3.05, 3.63) is 0 Å². The Labute approximate surface area is 101 Å². The molecule has 0 aromatic heterocycles. The van der Waals surface area contributed by atoms with Crippen molar-refractivity contribution < 1.29 is 14.7 Å². The summed E-state index contributed by atoms with van der Waals surface area (Å²) < 4.78 is 0. The fourth-order valence-corrected chi connectivity index (χ4v) is 2.98. The Kier molecular flexibility index (Phi) is 3.26. The minimum atomic E-state index is -0.879. The molecule has 96 valence electrons. The van der Waals surface area contributed by atoms with Crippen LogP contribution >= 0.6 is 0 Å². The van der Waals surface area contributed by atoms with E-state index in [4.69, 9.17) is 5.11 Å². The molecule has 5 heteroatoms. The number of carboxylic acids is 1. The number of carboxylic acid groups (broad SMARTS) is 1. The molecule has 0 bridgehead atoms. The van der Waals surface area contributed by atoms with Gasteiger partial charge in [-0.05, 0) is 32.1 Å². The summed E-state index contributed by atoms with van der Waals surface area (Å²) in [5, 5.41) is 9.08. The van der Waals surface area contributed by atoms with E-state index in [1.54, 1.807) is 0 Å². The number of carbonyl (C=O) groups excluding carboxylic acids is 1. The topological polar surface area (TPSA) is 60.9 Å². The van der Waals surface area contributed by atoms with Crippen LogP contribution in [-0.4, -0.2) is 52.1 Å². The number of likely N-dealkylation sites (tertiary alicyclic amines) is 2. The van der Waals surface area contributed by atoms with Crippen LogP contribution in [0.2, 0.25) is 0 Å². The Hall–Kier alpha value is -1.26. The van der Waals surface area contributed by atoms with Gasteiger partial charge < -0.3 is 14.9 Å². The van der Waals surface area contributed by atoms with E-state index < -0.39 is 12.0 Å². The maximum Gasteiger partial charge on any atom is 0.326 e. The van der Waals surface area contributed by atoms with Crippen LogP contribution in [-0.2, 0) is 4.79 Å². The maximum atomic E-state index is 12.3. The first-order valence-electron chi connectivity index (χ1n) is 6.30. The van der Waals surface area contributed by atoms with Gasteiger partial charge in [0.25, 0.3) is 0 Å². The number of carbonyl (C=O) groups is 2. The van der Waals surface area contributed by atoms with Crippen LogP contribution in [0.4, 0.5) is 4.79 Å². The molecule has 1 N–H and O–H groups in total. The molecule has 2 saturated heterocycles. The van der Waals surface area contributed by atoms with Gasteiger partial charge in [-0.15, -0.1) is 0 Å². The molecule has 2 aliphatic heterocycles. The third-order valence-electron chi connectivity index (χ3n) is 3.81. The molecule has 17 heavy (non-hydrogen) atoms. The third kappa shape index (κ3) is 2.23. The molecular formula is C12H20N2O3. The summed E-state index contributed by atoms with van der Waals surface area (Å²) >= 11 is 0. The van der Waals surface area contributed by atoms with E-state index >= 15 is 0 Å². The van der Waals surface area contributed by atoms with Crippen LogP contribution in [0, 0.1) is 5.92 Å². The van der Waals surface area contributed by atoms with E-state index in [0.29, 0.717) is 18.9 Å². The lowest BCUT2D eigenvalue weighted by Crippen LogP contribution is -2.49. The molecule has 0 aromatic carbocycles. The smallest absolute Gasteiger partial charge is 0.326 e. The summed E-state index contributed by atoms with van der Waals surface area (Å²) in [6.45, 7) is 5.49. The normalized spacial score (nSPS) is 33.2. The van der Waals surface area contributed by atoms with E-state index in [9.17, 15) is 9.59 Å². The Morgan fingerprint density at radius 2 is 1.94 bits per heavy atom. The molecule has 2 heterocycles. The predicted molar refractivity (Wildman–Crippen MR) is 62.7 cm³/mol. The van der Waals surface area contributed by atoms with Gasteiger partial charge >= 0.3 is 12.0 Å². The number of amides is 2. The zero-order chi connectivity index (χ0) is 12.6. The molecule has 2 unspecified atom stereocenters. The van der Waals surface area contributed by atoms with Gasteiger partial charge in [0.2, 0.25) is 0 Å². The van der Waals surface area contributed by atoms with Crippen molar-refractivity contribution in [1.82, 2.24) is 9.80 Å². The Balaban J connectivity index is 2.07. The predicted octanol–water partition coefficient (Wildman–Crippen LogP) is 1.39. The van der Waals surface area contributed by atoms with E-state index in [2.05, 4.69) is 6.92 Å². The second kappa shape index (κ2) is 4.55. The number of rotatable bonds is 1. The summed E-state index contributed by atoms with van der Waals surface area (Å²) in [5.41, 5.74) is 0. The van der Waals surface area contributed by atoms with Gasteiger partial charge in [0.1, 0.15) is 6.04 Å². The molecular weight excluding hydrogens is 220 g/mol. The molecule has 2 fully saturated rings. The first-order valence-corrected chi connectivity index (χ1v) is 6.30. The second-order valence-corrected chi connectivity index (χ2v) is 5.31. The highest BCUT2D eigenvalue weighted by Crippen LogP contribution is 2.26. The number of urea groups is 1. The standard InChI is InChI=1S/C12H20N2O3/c1-8-6-9(2)14(7-8)12(17)13-5-3-4-10(13)11(15)16/h8-10H,3-7H2,1-2H3,(H,15,16)/t8?,9?,10-/m0/s1. The Morgan fingerprint density at radius 3 is 2.47 bits per heavy atom. The molecule has 5 nitrogen and oxygen atoms in total. The largest absolute Gasteiger partial charge is 0.480 e. The highest BCUT2D eigenvalue weighted by molar-refractivity contribution is 5.83. The molecule has 0 radical (unpaired) electrons. The van der Waals surface area contributed by atoms with Crippen LogP contribution in [0.1, 0.15) is 33.1 Å². The van der Waals surface area contributed by atoms with Gasteiger partial charge in [0, 0.05) is 19.1 Å². The Bertz CT molecular complexity index is 332. The summed E-state index contributed by atoms with van der Waals surface area (Å²) in [7, 11) is 0. The zero-order valence-electron chi connectivity index (χ0n) is 10.4. The lowest BCUT2D eigenvalue weighted by Gasteiger charge is -2.30. The van der Waals surface area contributed by atoms with E-state index in [-0.39, 0.29) is 12.1 Å². The van der Waals surface area contributed by atoms with Crippen molar-refractivity contribution in [3.63, 3.8) is 0 Å². The van der Waals surface area contributed by atoms with Crippen molar-refractivity contribution in [2.75, 3.05) is 13.1 Å². The van der Waals surface area contributed by atoms with Gasteiger partial charge in [0.05, 0.1) is 0 Å². The summed E-state index contributed by atoms with van der Waals surface area (Å²) in [6.07, 6.45) is 2.39.